The summed E-state index contributed by atoms with van der Waals surface area (Å²) in [6.07, 6.45) is 2.99. The maximum Gasteiger partial charge on any atom is 0.0582 e. The molecule has 1 unspecified atom stereocenters. The molecule has 3 heteroatoms. The van der Waals surface area contributed by atoms with Gasteiger partial charge in [-0.3, -0.25) is 4.68 Å². The molecule has 1 aromatic rings. The molecule has 0 aromatic carbocycles. The topological polar surface area (TPSA) is 29.9 Å². The minimum Gasteiger partial charge on any atom is -0.304 e. The highest BCUT2D eigenvalue weighted by molar-refractivity contribution is 5.15. The van der Waals surface area contributed by atoms with Crippen LogP contribution >= 0.6 is 0 Å². The fraction of sp³-hybridized carbons (Fsp3) is 0.667. The maximum absolute atomic E-state index is 4.28. The van der Waals surface area contributed by atoms with Crippen LogP contribution in [0.1, 0.15) is 26.0 Å². The quantitative estimate of drug-likeness (QED) is 0.675. The fourth-order valence-corrected chi connectivity index (χ4v) is 1.81. The molecule has 2 rings (SSSR count). The van der Waals surface area contributed by atoms with Crippen LogP contribution in [0.15, 0.2) is 12.3 Å². The van der Waals surface area contributed by atoms with Crippen LogP contribution in [-0.2, 0) is 12.1 Å². The molecule has 0 aliphatic carbocycles. The molecule has 0 bridgehead atoms. The van der Waals surface area contributed by atoms with Gasteiger partial charge in [-0.05, 0) is 19.4 Å². The average molecular weight is 165 g/mol. The van der Waals surface area contributed by atoms with Crippen molar-refractivity contribution in [3.63, 3.8) is 0 Å². The van der Waals surface area contributed by atoms with E-state index in [1.165, 1.54) is 5.69 Å². The second-order valence-electron chi connectivity index (χ2n) is 3.55. The van der Waals surface area contributed by atoms with Crippen molar-refractivity contribution >= 4 is 0 Å². The fourth-order valence-electron chi connectivity index (χ4n) is 1.81. The van der Waals surface area contributed by atoms with Crippen molar-refractivity contribution in [2.24, 2.45) is 0 Å². The Morgan fingerprint density at radius 1 is 1.75 bits per heavy atom. The van der Waals surface area contributed by atoms with E-state index in [1.807, 2.05) is 6.20 Å². The van der Waals surface area contributed by atoms with Crippen LogP contribution in [0, 0.1) is 0 Å². The van der Waals surface area contributed by atoms with Gasteiger partial charge in [-0.2, -0.15) is 5.10 Å². The van der Waals surface area contributed by atoms with Gasteiger partial charge in [0.2, 0.25) is 0 Å². The maximum atomic E-state index is 4.28. The standard InChI is InChI=1S/C9H15N3/c1-3-9(2)8-4-5-11-12(8)7-6-10-9/h4-5,10H,3,6-7H2,1-2H3. The van der Waals surface area contributed by atoms with E-state index < -0.39 is 0 Å². The van der Waals surface area contributed by atoms with Crippen LogP contribution in [0.4, 0.5) is 0 Å². The zero-order valence-electron chi connectivity index (χ0n) is 7.67. The lowest BCUT2D eigenvalue weighted by Crippen LogP contribution is -2.46. The molecule has 3 nitrogen and oxygen atoms in total. The zero-order valence-corrected chi connectivity index (χ0v) is 7.67. The minimum absolute atomic E-state index is 0.134. The van der Waals surface area contributed by atoms with Crippen molar-refractivity contribution in [3.05, 3.63) is 18.0 Å². The molecule has 0 spiro atoms. The number of hydrogen-bond acceptors (Lipinski definition) is 2. The van der Waals surface area contributed by atoms with Crippen LogP contribution in [0.5, 0.6) is 0 Å². The van der Waals surface area contributed by atoms with Crippen molar-refractivity contribution in [1.82, 2.24) is 15.1 Å². The number of rotatable bonds is 1. The van der Waals surface area contributed by atoms with Gasteiger partial charge in [0.1, 0.15) is 0 Å². The molecule has 0 fully saturated rings. The third-order valence-corrected chi connectivity index (χ3v) is 2.83. The second-order valence-corrected chi connectivity index (χ2v) is 3.55. The number of aromatic nitrogens is 2. The summed E-state index contributed by atoms with van der Waals surface area (Å²) in [7, 11) is 0. The normalized spacial score (nSPS) is 28.5. The molecule has 0 saturated heterocycles. The van der Waals surface area contributed by atoms with Gasteiger partial charge in [-0.15, -0.1) is 0 Å². The Morgan fingerprint density at radius 2 is 2.58 bits per heavy atom. The van der Waals surface area contributed by atoms with Crippen molar-refractivity contribution in [2.75, 3.05) is 6.54 Å². The van der Waals surface area contributed by atoms with Crippen LogP contribution < -0.4 is 5.32 Å². The largest absolute Gasteiger partial charge is 0.304 e. The predicted molar refractivity (Wildman–Crippen MR) is 47.9 cm³/mol. The summed E-state index contributed by atoms with van der Waals surface area (Å²) in [5.41, 5.74) is 1.45. The van der Waals surface area contributed by atoms with E-state index in [4.69, 9.17) is 0 Å². The highest BCUT2D eigenvalue weighted by Gasteiger charge is 2.30. The number of nitrogens with zero attached hydrogens (tertiary/aromatic N) is 2. The van der Waals surface area contributed by atoms with Crippen LogP contribution in [-0.4, -0.2) is 16.3 Å². The molecule has 1 aliphatic rings. The van der Waals surface area contributed by atoms with Crippen molar-refractivity contribution < 1.29 is 0 Å². The first-order valence-electron chi connectivity index (χ1n) is 4.53. The Balaban J connectivity index is 2.44. The summed E-state index contributed by atoms with van der Waals surface area (Å²) in [5, 5.41) is 7.80. The predicted octanol–water partition coefficient (Wildman–Crippen LogP) is 1.11. The monoisotopic (exact) mass is 165 g/mol. The van der Waals surface area contributed by atoms with Gasteiger partial charge >= 0.3 is 0 Å². The summed E-state index contributed by atoms with van der Waals surface area (Å²) in [5.74, 6) is 0. The van der Waals surface area contributed by atoms with Gasteiger partial charge in [0.25, 0.3) is 0 Å². The Hall–Kier alpha value is -0.830. The van der Waals surface area contributed by atoms with Crippen molar-refractivity contribution in [3.8, 4) is 0 Å². The molecule has 0 amide bonds. The van der Waals surface area contributed by atoms with E-state index in [1.54, 1.807) is 0 Å². The van der Waals surface area contributed by atoms with Gasteiger partial charge in [0.05, 0.1) is 17.8 Å². The summed E-state index contributed by atoms with van der Waals surface area (Å²) in [4.78, 5) is 0. The summed E-state index contributed by atoms with van der Waals surface area (Å²) < 4.78 is 2.10. The number of hydrogen-bond donors (Lipinski definition) is 1. The summed E-state index contributed by atoms with van der Waals surface area (Å²) >= 11 is 0. The number of nitrogens with one attached hydrogen (secondary N) is 1. The molecule has 66 valence electrons. The molecule has 1 atom stereocenters. The van der Waals surface area contributed by atoms with Crippen LogP contribution in [0.25, 0.3) is 0 Å². The smallest absolute Gasteiger partial charge is 0.0582 e. The molecule has 0 radical (unpaired) electrons. The molecule has 1 N–H and O–H groups in total. The van der Waals surface area contributed by atoms with Crippen LogP contribution in [0.2, 0.25) is 0 Å². The lowest BCUT2D eigenvalue weighted by molar-refractivity contribution is 0.278. The summed E-state index contributed by atoms with van der Waals surface area (Å²) in [6.45, 7) is 6.46. The lowest BCUT2D eigenvalue weighted by Gasteiger charge is -2.34. The van der Waals surface area contributed by atoms with E-state index in [-0.39, 0.29) is 5.54 Å². The first kappa shape index (κ1) is 7.80. The molecule has 1 aromatic heterocycles. The van der Waals surface area contributed by atoms with Gasteiger partial charge in [0, 0.05) is 12.7 Å². The molecule has 12 heavy (non-hydrogen) atoms. The second kappa shape index (κ2) is 2.59. The zero-order chi connectivity index (χ0) is 8.60. The Labute approximate surface area is 72.8 Å². The van der Waals surface area contributed by atoms with E-state index in [0.717, 1.165) is 19.5 Å². The molecule has 1 aliphatic heterocycles. The first-order chi connectivity index (χ1) is 5.76. The van der Waals surface area contributed by atoms with Gasteiger partial charge < -0.3 is 5.32 Å². The van der Waals surface area contributed by atoms with E-state index >= 15 is 0 Å². The molecule has 0 saturated carbocycles. The number of fused-ring (bicyclic) bond motifs is 1. The molecular weight excluding hydrogens is 150 g/mol. The van der Waals surface area contributed by atoms with Gasteiger partial charge in [-0.1, -0.05) is 6.92 Å². The van der Waals surface area contributed by atoms with E-state index in [2.05, 4.69) is 35.0 Å². The highest BCUT2D eigenvalue weighted by atomic mass is 15.3. The molecule has 2 heterocycles. The molecular formula is C9H15N3. The van der Waals surface area contributed by atoms with E-state index in [9.17, 15) is 0 Å². The average Bonchev–Trinajstić information content (AvgIpc) is 2.54. The third kappa shape index (κ3) is 0.966. The van der Waals surface area contributed by atoms with Crippen LogP contribution in [0.3, 0.4) is 0 Å². The van der Waals surface area contributed by atoms with Crippen molar-refractivity contribution in [2.45, 2.75) is 32.4 Å². The first-order valence-corrected chi connectivity index (χ1v) is 4.53. The van der Waals surface area contributed by atoms with Gasteiger partial charge in [0.15, 0.2) is 0 Å². The summed E-state index contributed by atoms with van der Waals surface area (Å²) in [6, 6.07) is 2.11. The SMILES string of the molecule is CCC1(C)NCCn2nccc21. The lowest BCUT2D eigenvalue weighted by atomic mass is 9.93. The Morgan fingerprint density at radius 3 is 3.33 bits per heavy atom. The van der Waals surface area contributed by atoms with Crippen molar-refractivity contribution in [1.29, 1.82) is 0 Å². The highest BCUT2D eigenvalue weighted by Crippen LogP contribution is 2.26. The third-order valence-electron chi connectivity index (χ3n) is 2.83. The van der Waals surface area contributed by atoms with Gasteiger partial charge in [-0.25, -0.2) is 0 Å². The Bertz CT molecular complexity index is 279. The van der Waals surface area contributed by atoms with E-state index in [0.29, 0.717) is 0 Å². The minimum atomic E-state index is 0.134. The Kier molecular flexibility index (Phi) is 1.68.